The minimum atomic E-state index is 0.303. The molecule has 2 atom stereocenters. The molecule has 1 aromatic carbocycles. The minimum absolute atomic E-state index is 0.303. The molecule has 94 valence electrons. The van der Waals surface area contributed by atoms with Crippen LogP contribution < -0.4 is 5.32 Å². The van der Waals surface area contributed by atoms with Crippen LogP contribution in [0.2, 0.25) is 0 Å². The number of aromatic amines is 1. The maximum Gasteiger partial charge on any atom is 0.123 e. The molecule has 0 bridgehead atoms. The Morgan fingerprint density at radius 3 is 3.17 bits per heavy atom. The first kappa shape index (κ1) is 11.8. The number of benzene rings is 1. The maximum absolute atomic E-state index is 4.36. The van der Waals surface area contributed by atoms with Gasteiger partial charge in [0, 0.05) is 29.1 Å². The van der Waals surface area contributed by atoms with E-state index in [-0.39, 0.29) is 0 Å². The number of H-pyrrole nitrogens is 1. The zero-order valence-electron chi connectivity index (χ0n) is 10.4. The summed E-state index contributed by atoms with van der Waals surface area (Å²) in [6.07, 6.45) is 4.74. The Labute approximate surface area is 111 Å². The lowest BCUT2D eigenvalue weighted by Crippen LogP contribution is -2.27. The van der Waals surface area contributed by atoms with Gasteiger partial charge in [0.2, 0.25) is 0 Å². The van der Waals surface area contributed by atoms with Gasteiger partial charge in [0.25, 0.3) is 0 Å². The Balaban J connectivity index is 1.77. The van der Waals surface area contributed by atoms with Gasteiger partial charge in [-0.2, -0.15) is 0 Å². The second-order valence-corrected chi connectivity index (χ2v) is 5.57. The van der Waals surface area contributed by atoms with Crippen molar-refractivity contribution in [2.75, 3.05) is 5.75 Å². The highest BCUT2D eigenvalue weighted by Crippen LogP contribution is 2.38. The van der Waals surface area contributed by atoms with E-state index in [1.54, 1.807) is 0 Å². The number of fused-ring (bicyclic) bond motifs is 1. The molecule has 0 radical (unpaired) electrons. The van der Waals surface area contributed by atoms with Crippen molar-refractivity contribution < 1.29 is 0 Å². The lowest BCUT2D eigenvalue weighted by atomic mass is 10.1. The van der Waals surface area contributed by atoms with Crippen LogP contribution in [0.25, 0.3) is 0 Å². The summed E-state index contributed by atoms with van der Waals surface area (Å²) in [6, 6.07) is 9.39. The molecule has 2 N–H and O–H groups in total. The molecule has 1 aliphatic heterocycles. The molecule has 0 saturated heterocycles. The van der Waals surface area contributed by atoms with Crippen LogP contribution in [-0.4, -0.2) is 15.7 Å². The fraction of sp³-hybridized carbons (Fsp3) is 0.357. The van der Waals surface area contributed by atoms with Crippen LogP contribution in [0.3, 0.4) is 0 Å². The van der Waals surface area contributed by atoms with Gasteiger partial charge in [0.15, 0.2) is 0 Å². The van der Waals surface area contributed by atoms with Gasteiger partial charge in [0.1, 0.15) is 5.82 Å². The van der Waals surface area contributed by atoms with Crippen LogP contribution in [0.4, 0.5) is 0 Å². The summed E-state index contributed by atoms with van der Waals surface area (Å²) in [5.41, 5.74) is 1.42. The normalized spacial score (nSPS) is 19.7. The second kappa shape index (κ2) is 5.16. The van der Waals surface area contributed by atoms with E-state index in [0.29, 0.717) is 12.1 Å². The molecule has 1 aromatic heterocycles. The van der Waals surface area contributed by atoms with Crippen LogP contribution in [0.15, 0.2) is 41.6 Å². The van der Waals surface area contributed by atoms with Crippen molar-refractivity contribution in [1.82, 2.24) is 15.3 Å². The van der Waals surface area contributed by atoms with Crippen molar-refractivity contribution in [1.29, 1.82) is 0 Å². The van der Waals surface area contributed by atoms with Crippen molar-refractivity contribution in [2.24, 2.45) is 0 Å². The molecule has 3 nitrogen and oxygen atoms in total. The lowest BCUT2D eigenvalue weighted by molar-refractivity contribution is 0.446. The van der Waals surface area contributed by atoms with Crippen molar-refractivity contribution in [3.63, 3.8) is 0 Å². The van der Waals surface area contributed by atoms with Crippen LogP contribution in [0, 0.1) is 0 Å². The van der Waals surface area contributed by atoms with Gasteiger partial charge in [-0.15, -0.1) is 11.8 Å². The van der Waals surface area contributed by atoms with E-state index in [9.17, 15) is 0 Å². The number of aromatic nitrogens is 2. The van der Waals surface area contributed by atoms with Crippen molar-refractivity contribution in [3.05, 3.63) is 48.0 Å². The van der Waals surface area contributed by atoms with E-state index in [4.69, 9.17) is 0 Å². The first-order chi connectivity index (χ1) is 8.88. The monoisotopic (exact) mass is 259 g/mol. The zero-order chi connectivity index (χ0) is 12.4. The van der Waals surface area contributed by atoms with Gasteiger partial charge in [-0.1, -0.05) is 25.1 Å². The SMILES string of the molecule is CCC(NC1CSc2ccccc21)c1ncc[nH]1. The van der Waals surface area contributed by atoms with Crippen molar-refractivity contribution >= 4 is 11.8 Å². The maximum atomic E-state index is 4.36. The molecule has 2 heterocycles. The van der Waals surface area contributed by atoms with Gasteiger partial charge in [-0.05, 0) is 18.1 Å². The largest absolute Gasteiger partial charge is 0.347 e. The molecular weight excluding hydrogens is 242 g/mol. The number of nitrogens with one attached hydrogen (secondary N) is 2. The number of rotatable bonds is 4. The smallest absolute Gasteiger partial charge is 0.123 e. The summed E-state index contributed by atoms with van der Waals surface area (Å²) < 4.78 is 0. The first-order valence-corrected chi connectivity index (χ1v) is 7.34. The number of imidazole rings is 1. The van der Waals surface area contributed by atoms with Gasteiger partial charge in [0.05, 0.1) is 6.04 Å². The average molecular weight is 259 g/mol. The summed E-state index contributed by atoms with van der Waals surface area (Å²) in [4.78, 5) is 8.97. The van der Waals surface area contributed by atoms with E-state index in [2.05, 4.69) is 46.5 Å². The quantitative estimate of drug-likeness (QED) is 0.885. The van der Waals surface area contributed by atoms with E-state index < -0.39 is 0 Å². The third-order valence-electron chi connectivity index (χ3n) is 3.36. The first-order valence-electron chi connectivity index (χ1n) is 6.35. The molecular formula is C14H17N3S. The Hall–Kier alpha value is -1.26. The summed E-state index contributed by atoms with van der Waals surface area (Å²) >= 11 is 1.93. The highest BCUT2D eigenvalue weighted by atomic mass is 32.2. The third kappa shape index (κ3) is 2.18. The summed E-state index contributed by atoms with van der Waals surface area (Å²) in [5, 5.41) is 3.71. The Bertz CT molecular complexity index is 510. The molecule has 3 rings (SSSR count). The standard InChI is InChI=1S/C14H17N3S/c1-2-11(14-15-7-8-16-14)17-12-9-18-13-6-4-3-5-10(12)13/h3-8,11-12,17H,2,9H2,1H3,(H,15,16). The van der Waals surface area contributed by atoms with Crippen LogP contribution in [0.1, 0.15) is 36.8 Å². The molecule has 4 heteroatoms. The van der Waals surface area contributed by atoms with Gasteiger partial charge >= 0.3 is 0 Å². The van der Waals surface area contributed by atoms with Gasteiger partial charge < -0.3 is 4.98 Å². The van der Waals surface area contributed by atoms with Crippen molar-refractivity contribution in [3.8, 4) is 0 Å². The number of thioether (sulfide) groups is 1. The molecule has 0 saturated carbocycles. The summed E-state index contributed by atoms with van der Waals surface area (Å²) in [5.74, 6) is 2.14. The molecule has 18 heavy (non-hydrogen) atoms. The second-order valence-electron chi connectivity index (χ2n) is 4.50. The fourth-order valence-electron chi connectivity index (χ4n) is 2.40. The highest BCUT2D eigenvalue weighted by molar-refractivity contribution is 7.99. The van der Waals surface area contributed by atoms with Gasteiger partial charge in [-0.25, -0.2) is 4.98 Å². The average Bonchev–Trinajstić information content (AvgIpc) is 3.06. The number of hydrogen-bond donors (Lipinski definition) is 2. The fourth-order valence-corrected chi connectivity index (χ4v) is 3.58. The zero-order valence-corrected chi connectivity index (χ0v) is 11.2. The molecule has 2 unspecified atom stereocenters. The van der Waals surface area contributed by atoms with Gasteiger partial charge in [-0.3, -0.25) is 5.32 Å². The topological polar surface area (TPSA) is 40.7 Å². The van der Waals surface area contributed by atoms with E-state index in [1.165, 1.54) is 10.5 Å². The van der Waals surface area contributed by atoms with E-state index >= 15 is 0 Å². The third-order valence-corrected chi connectivity index (χ3v) is 4.54. The van der Waals surface area contributed by atoms with Crippen molar-refractivity contribution in [2.45, 2.75) is 30.3 Å². The van der Waals surface area contributed by atoms with E-state index in [1.807, 2.05) is 24.2 Å². The predicted molar refractivity (Wildman–Crippen MR) is 74.7 cm³/mol. The Morgan fingerprint density at radius 2 is 2.39 bits per heavy atom. The molecule has 1 aliphatic rings. The lowest BCUT2D eigenvalue weighted by Gasteiger charge is -2.20. The minimum Gasteiger partial charge on any atom is -0.347 e. The molecule has 0 amide bonds. The summed E-state index contributed by atoms with van der Waals surface area (Å²) in [6.45, 7) is 2.19. The van der Waals surface area contributed by atoms with Crippen LogP contribution >= 0.6 is 11.8 Å². The highest BCUT2D eigenvalue weighted by Gasteiger charge is 2.25. The van der Waals surface area contributed by atoms with Crippen LogP contribution in [-0.2, 0) is 0 Å². The Kier molecular flexibility index (Phi) is 3.39. The predicted octanol–water partition coefficient (Wildman–Crippen LogP) is 3.30. The summed E-state index contributed by atoms with van der Waals surface area (Å²) in [7, 11) is 0. The molecule has 0 fully saturated rings. The van der Waals surface area contributed by atoms with E-state index in [0.717, 1.165) is 18.0 Å². The molecule has 0 spiro atoms. The number of hydrogen-bond acceptors (Lipinski definition) is 3. The number of nitrogens with zero attached hydrogens (tertiary/aromatic N) is 1. The molecule has 0 aliphatic carbocycles. The Morgan fingerprint density at radius 1 is 1.50 bits per heavy atom. The van der Waals surface area contributed by atoms with Crippen LogP contribution in [0.5, 0.6) is 0 Å². The molecule has 2 aromatic rings.